The third-order valence-corrected chi connectivity index (χ3v) is 9.59. The van der Waals surface area contributed by atoms with Crippen molar-refractivity contribution in [1.82, 2.24) is 10.6 Å². The first kappa shape index (κ1) is 45.9. The second-order valence-electron chi connectivity index (χ2n) is 13.7. The lowest BCUT2D eigenvalue weighted by Gasteiger charge is -2.45. The average Bonchev–Trinajstić information content (AvgIpc) is 3.52. The summed E-state index contributed by atoms with van der Waals surface area (Å²) in [6.45, 7) is 3.08. The number of benzene rings is 3. The number of carbonyl (C=O) groups is 6. The predicted molar refractivity (Wildman–Crippen MR) is 214 cm³/mol. The van der Waals surface area contributed by atoms with Crippen molar-refractivity contribution in [3.63, 3.8) is 0 Å². The molecule has 7 atom stereocenters. The summed E-state index contributed by atoms with van der Waals surface area (Å²) in [5.74, 6) is -3.74. The van der Waals surface area contributed by atoms with Gasteiger partial charge in [0.1, 0.15) is 38.6 Å². The zero-order valence-corrected chi connectivity index (χ0v) is 35.1. The van der Waals surface area contributed by atoms with E-state index >= 15 is 0 Å². The Morgan fingerprint density at radius 2 is 1.28 bits per heavy atom. The second kappa shape index (κ2) is 20.9. The number of fused-ring (bicyclic) bond motifs is 3. The minimum Gasteiger partial charge on any atom is -0.463 e. The molecule has 0 spiro atoms. The van der Waals surface area contributed by atoms with Crippen LogP contribution in [0, 0.1) is 0 Å². The van der Waals surface area contributed by atoms with Gasteiger partial charge in [0.05, 0.1) is 6.10 Å². The molecule has 2 N–H and O–H groups in total. The number of esters is 4. The Morgan fingerprint density at radius 1 is 0.700 bits per heavy atom. The highest BCUT2D eigenvalue weighted by molar-refractivity contribution is 6.67. The maximum atomic E-state index is 13.9. The molecule has 0 aromatic heterocycles. The molecule has 5 rings (SSSR count). The molecule has 0 saturated carbocycles. The van der Waals surface area contributed by atoms with Crippen LogP contribution in [0.5, 0.6) is 0 Å². The summed E-state index contributed by atoms with van der Waals surface area (Å²) in [7, 11) is 0. The van der Waals surface area contributed by atoms with Crippen molar-refractivity contribution in [3.05, 3.63) is 95.6 Å². The average molecular weight is 894 g/mol. The van der Waals surface area contributed by atoms with Crippen LogP contribution in [0.15, 0.2) is 78.9 Å². The lowest BCUT2D eigenvalue weighted by Crippen LogP contribution is -2.67. The van der Waals surface area contributed by atoms with Crippen LogP contribution in [-0.4, -0.2) is 102 Å². The molecule has 2 unspecified atom stereocenters. The normalized spacial score (nSPS) is 20.6. The van der Waals surface area contributed by atoms with E-state index < -0.39 is 95.9 Å². The van der Waals surface area contributed by atoms with E-state index in [0.29, 0.717) is 5.56 Å². The van der Waals surface area contributed by atoms with Gasteiger partial charge in [-0.1, -0.05) is 114 Å². The van der Waals surface area contributed by atoms with Crippen LogP contribution >= 0.6 is 34.8 Å². The molecule has 2 amide bonds. The number of rotatable bonds is 15. The van der Waals surface area contributed by atoms with Crippen LogP contribution in [0.3, 0.4) is 0 Å². The van der Waals surface area contributed by atoms with Gasteiger partial charge in [0.15, 0.2) is 24.5 Å². The molecule has 60 heavy (non-hydrogen) atoms. The molecule has 2 aliphatic rings. The topological polar surface area (TPSA) is 200 Å². The van der Waals surface area contributed by atoms with Crippen molar-refractivity contribution in [2.24, 2.45) is 0 Å². The van der Waals surface area contributed by atoms with Gasteiger partial charge in [0.2, 0.25) is 3.79 Å². The Labute approximate surface area is 360 Å². The number of ether oxygens (including phenoxy) is 8. The van der Waals surface area contributed by atoms with Crippen molar-refractivity contribution in [2.75, 3.05) is 19.8 Å². The molecule has 1 fully saturated rings. The fraction of sp³-hybridized carbons (Fsp3) is 0.415. The molecule has 19 heteroatoms. The third-order valence-electron chi connectivity index (χ3n) is 9.27. The predicted octanol–water partition coefficient (Wildman–Crippen LogP) is 5.66. The molecular formula is C41H43Cl3N2O14. The van der Waals surface area contributed by atoms with Crippen LogP contribution in [-0.2, 0) is 63.7 Å². The summed E-state index contributed by atoms with van der Waals surface area (Å²) >= 11 is 17.3. The quantitative estimate of drug-likeness (QED) is 0.108. The maximum absolute atomic E-state index is 13.9. The number of alkyl halides is 3. The van der Waals surface area contributed by atoms with Crippen molar-refractivity contribution in [3.8, 4) is 11.1 Å². The monoisotopic (exact) mass is 892 g/mol. The van der Waals surface area contributed by atoms with Crippen LogP contribution in [0.25, 0.3) is 11.1 Å². The highest BCUT2D eigenvalue weighted by atomic mass is 35.6. The van der Waals surface area contributed by atoms with E-state index in [9.17, 15) is 28.8 Å². The summed E-state index contributed by atoms with van der Waals surface area (Å²) in [4.78, 5) is 77.2. The van der Waals surface area contributed by atoms with Crippen molar-refractivity contribution in [2.45, 2.75) is 86.8 Å². The first-order valence-corrected chi connectivity index (χ1v) is 19.7. The Kier molecular flexibility index (Phi) is 16.0. The zero-order chi connectivity index (χ0) is 43.6. The van der Waals surface area contributed by atoms with Crippen molar-refractivity contribution < 1.29 is 66.7 Å². The van der Waals surface area contributed by atoms with Gasteiger partial charge in [0.25, 0.3) is 0 Å². The SMILES string of the molecule is CC(=O)OCC1O[C@@H](O[C@H](C)[C@@H](NC(=O)OCC2c3ccccc3-c3ccccc32)C(=O)OCc2ccccc2)C(NC(=O)OCC(Cl)(Cl)Cl)[C@@H](OC(C)=O)[C@H]1OC(C)=O. The van der Waals surface area contributed by atoms with Crippen LogP contribution in [0.4, 0.5) is 9.59 Å². The minimum absolute atomic E-state index is 0.0889. The van der Waals surface area contributed by atoms with Crippen molar-refractivity contribution >= 4 is 70.9 Å². The maximum Gasteiger partial charge on any atom is 0.407 e. The van der Waals surface area contributed by atoms with E-state index in [1.165, 1.54) is 6.92 Å². The lowest BCUT2D eigenvalue weighted by atomic mass is 9.96. The van der Waals surface area contributed by atoms with Gasteiger partial charge in [-0.3, -0.25) is 14.4 Å². The fourth-order valence-corrected chi connectivity index (χ4v) is 6.90. The van der Waals surface area contributed by atoms with E-state index in [-0.39, 0.29) is 19.1 Å². The Balaban J connectivity index is 1.43. The molecule has 3 aromatic rings. The van der Waals surface area contributed by atoms with Crippen LogP contribution < -0.4 is 10.6 Å². The number of amides is 2. The van der Waals surface area contributed by atoms with Gasteiger partial charge in [0, 0.05) is 26.7 Å². The molecule has 16 nitrogen and oxygen atoms in total. The number of alkyl carbamates (subject to hydrolysis) is 2. The van der Waals surface area contributed by atoms with E-state index in [1.54, 1.807) is 30.3 Å². The summed E-state index contributed by atoms with van der Waals surface area (Å²) in [6.07, 6.45) is -9.80. The van der Waals surface area contributed by atoms with Gasteiger partial charge in [-0.15, -0.1) is 0 Å². The molecule has 1 aliphatic carbocycles. The molecule has 3 aromatic carbocycles. The zero-order valence-electron chi connectivity index (χ0n) is 32.8. The first-order valence-electron chi connectivity index (χ1n) is 18.6. The molecular weight excluding hydrogens is 851 g/mol. The minimum atomic E-state index is -2.02. The van der Waals surface area contributed by atoms with Gasteiger partial charge in [-0.2, -0.15) is 0 Å². The highest BCUT2D eigenvalue weighted by Gasteiger charge is 2.53. The van der Waals surface area contributed by atoms with E-state index in [4.69, 9.17) is 72.7 Å². The fourth-order valence-electron chi connectivity index (χ4n) is 6.74. The van der Waals surface area contributed by atoms with E-state index in [2.05, 4.69) is 10.6 Å². The smallest absolute Gasteiger partial charge is 0.407 e. The van der Waals surface area contributed by atoms with Gasteiger partial charge in [-0.05, 0) is 34.7 Å². The van der Waals surface area contributed by atoms with Crippen LogP contribution in [0.2, 0.25) is 0 Å². The van der Waals surface area contributed by atoms with Crippen molar-refractivity contribution in [1.29, 1.82) is 0 Å². The summed E-state index contributed by atoms with van der Waals surface area (Å²) in [5, 5.41) is 4.96. The molecule has 1 aliphatic heterocycles. The van der Waals surface area contributed by atoms with Crippen LogP contribution in [0.1, 0.15) is 50.3 Å². The Hall–Kier alpha value is -5.13. The Morgan fingerprint density at radius 3 is 1.87 bits per heavy atom. The van der Waals surface area contributed by atoms with E-state index in [0.717, 1.165) is 43.0 Å². The van der Waals surface area contributed by atoms with E-state index in [1.807, 2.05) is 48.5 Å². The number of hydrogen-bond acceptors (Lipinski definition) is 14. The standard InChI is InChI=1S/C41H43Cl3N2O14/c1-22(57-38-34(46-40(52)56-21-41(42,43)44)36(59-25(4)49)35(58-24(3)48)32(60-38)20-53-23(2)47)33(37(50)54-18-26-12-6-5-7-13-26)45-39(51)55-19-31-29-16-10-8-14-27(29)28-15-9-11-17-30(28)31/h5-17,22,31-36,38H,18-21H2,1-4H3,(H,45,51)(H,46,52)/t22-,32?,33-,34?,35+,36-,38-/m1/s1. The number of nitrogens with one attached hydrogen (secondary N) is 2. The number of halogens is 3. The van der Waals surface area contributed by atoms with Gasteiger partial charge in [-0.25, -0.2) is 14.4 Å². The summed E-state index contributed by atoms with van der Waals surface area (Å²) < 4.78 is 42.9. The molecule has 0 bridgehead atoms. The van der Waals surface area contributed by atoms with Gasteiger partial charge >= 0.3 is 36.1 Å². The summed E-state index contributed by atoms with van der Waals surface area (Å²) in [5.41, 5.74) is 4.57. The van der Waals surface area contributed by atoms with Gasteiger partial charge < -0.3 is 48.5 Å². The Bertz CT molecular complexity index is 1970. The second-order valence-corrected chi connectivity index (χ2v) is 16.3. The third kappa shape index (κ3) is 12.7. The summed E-state index contributed by atoms with van der Waals surface area (Å²) in [6, 6.07) is 21.1. The lowest BCUT2D eigenvalue weighted by molar-refractivity contribution is -0.287. The number of carbonyl (C=O) groups excluding carboxylic acids is 6. The molecule has 1 saturated heterocycles. The molecule has 322 valence electrons. The number of hydrogen-bond donors (Lipinski definition) is 2. The first-order chi connectivity index (χ1) is 28.5. The largest absolute Gasteiger partial charge is 0.463 e. The molecule has 0 radical (unpaired) electrons. The highest BCUT2D eigenvalue weighted by Crippen LogP contribution is 2.44. The molecule has 1 heterocycles.